The largest absolute Gasteiger partial charge is 0.477 e. The first-order valence-corrected chi connectivity index (χ1v) is 12.8. The van der Waals surface area contributed by atoms with Gasteiger partial charge in [-0.2, -0.15) is 0 Å². The van der Waals surface area contributed by atoms with Gasteiger partial charge in [-0.15, -0.1) is 0 Å². The van der Waals surface area contributed by atoms with Crippen molar-refractivity contribution in [3.8, 4) is 0 Å². The molecule has 0 bridgehead atoms. The van der Waals surface area contributed by atoms with E-state index in [2.05, 4.69) is 140 Å². The number of hydrogen-bond acceptors (Lipinski definition) is 3. The molecule has 3 atom stereocenters. The van der Waals surface area contributed by atoms with E-state index in [0.29, 0.717) is 6.61 Å². The van der Waals surface area contributed by atoms with Gasteiger partial charge in [0.05, 0.1) is 11.1 Å². The van der Waals surface area contributed by atoms with E-state index >= 15 is 0 Å². The van der Waals surface area contributed by atoms with Crippen LogP contribution in [0.15, 0.2) is 126 Å². The Kier molecular flexibility index (Phi) is 5.73. The first-order valence-electron chi connectivity index (χ1n) is 12.8. The molecule has 2 aliphatic rings. The molecule has 3 heteroatoms. The highest BCUT2D eigenvalue weighted by atomic mass is 16.5. The molecule has 1 unspecified atom stereocenters. The number of nitrogens with zero attached hydrogens (tertiary/aromatic N) is 2. The molecule has 2 aliphatic heterocycles. The predicted molar refractivity (Wildman–Crippen MR) is 146 cm³/mol. The zero-order valence-corrected chi connectivity index (χ0v) is 20.9. The number of rotatable bonds is 7. The second kappa shape index (κ2) is 9.07. The fourth-order valence-electron chi connectivity index (χ4n) is 5.84. The van der Waals surface area contributed by atoms with Gasteiger partial charge in [-0.05, 0) is 42.5 Å². The van der Waals surface area contributed by atoms with E-state index in [1.807, 2.05) is 0 Å². The minimum Gasteiger partial charge on any atom is -0.477 e. The van der Waals surface area contributed by atoms with Gasteiger partial charge in [-0.1, -0.05) is 121 Å². The lowest BCUT2D eigenvalue weighted by Gasteiger charge is -2.38. The number of aliphatic imine (C=N–C) groups is 1. The Bertz CT molecular complexity index is 1240. The molecule has 0 N–H and O–H groups in total. The lowest BCUT2D eigenvalue weighted by atomic mass is 9.76. The van der Waals surface area contributed by atoms with Crippen molar-refractivity contribution < 1.29 is 4.74 Å². The normalized spacial score (nSPS) is 22.5. The fourth-order valence-corrected chi connectivity index (χ4v) is 5.84. The summed E-state index contributed by atoms with van der Waals surface area (Å²) >= 11 is 0. The smallest absolute Gasteiger partial charge is 0.203 e. The van der Waals surface area contributed by atoms with Crippen LogP contribution in [-0.2, 0) is 16.7 Å². The molecule has 1 fully saturated rings. The zero-order chi connectivity index (χ0) is 24.6. The maximum absolute atomic E-state index is 6.30. The van der Waals surface area contributed by atoms with Crippen LogP contribution in [0.2, 0.25) is 0 Å². The molecule has 4 aromatic carbocycles. The number of benzene rings is 4. The van der Waals surface area contributed by atoms with Crippen molar-refractivity contribution in [1.82, 2.24) is 4.90 Å². The summed E-state index contributed by atoms with van der Waals surface area (Å²) < 4.78 is 6.30. The lowest BCUT2D eigenvalue weighted by molar-refractivity contribution is 0.262. The van der Waals surface area contributed by atoms with Crippen LogP contribution in [0, 0.1) is 0 Å². The highest BCUT2D eigenvalue weighted by Crippen LogP contribution is 2.53. The van der Waals surface area contributed by atoms with Crippen LogP contribution in [0.5, 0.6) is 0 Å². The van der Waals surface area contributed by atoms with Gasteiger partial charge in [-0.3, -0.25) is 4.90 Å². The average molecular weight is 473 g/mol. The second-order valence-corrected chi connectivity index (χ2v) is 10.5. The molecule has 6 rings (SSSR count). The third-order valence-electron chi connectivity index (χ3n) is 7.42. The van der Waals surface area contributed by atoms with Gasteiger partial charge in [0.15, 0.2) is 0 Å². The molecule has 1 saturated heterocycles. The molecule has 0 spiro atoms. The molecule has 4 aromatic rings. The highest BCUT2D eigenvalue weighted by Gasteiger charge is 2.63. The van der Waals surface area contributed by atoms with E-state index in [9.17, 15) is 0 Å². The summed E-state index contributed by atoms with van der Waals surface area (Å²) in [5.41, 5.74) is 4.40. The summed E-state index contributed by atoms with van der Waals surface area (Å²) in [5, 5.41) is 0. The van der Waals surface area contributed by atoms with E-state index in [-0.39, 0.29) is 17.6 Å². The van der Waals surface area contributed by atoms with Crippen LogP contribution >= 0.6 is 0 Å². The molecule has 0 amide bonds. The Morgan fingerprint density at radius 2 is 1.17 bits per heavy atom. The van der Waals surface area contributed by atoms with Crippen molar-refractivity contribution in [2.24, 2.45) is 4.99 Å². The summed E-state index contributed by atoms with van der Waals surface area (Å²) in [4.78, 5) is 7.71. The minimum absolute atomic E-state index is 0.0904. The van der Waals surface area contributed by atoms with Gasteiger partial charge in [0.1, 0.15) is 12.6 Å². The molecule has 3 nitrogen and oxygen atoms in total. The topological polar surface area (TPSA) is 24.6 Å². The van der Waals surface area contributed by atoms with Crippen LogP contribution in [0.25, 0.3) is 0 Å². The Hall–Kier alpha value is -3.69. The first kappa shape index (κ1) is 22.8. The summed E-state index contributed by atoms with van der Waals surface area (Å²) in [6.45, 7) is 4.93. The molecule has 0 aliphatic carbocycles. The molecular weight excluding hydrogens is 440 g/mol. The van der Waals surface area contributed by atoms with Crippen LogP contribution in [0.4, 0.5) is 0 Å². The standard InChI is InChI=1S/C33H32N2O/c1-32(2)24-36-31(34-32)30-29(23-25-15-7-3-8-16-25)35(30)33(26-17-9-4-10-18-26,27-19-11-5-12-20-27)28-21-13-6-14-22-28/h3-22,29-30H,23-24H2,1-2H3/t29-,30-,35?/m0/s1. The van der Waals surface area contributed by atoms with Crippen molar-refractivity contribution >= 4 is 5.90 Å². The SMILES string of the molecule is CC1(C)COC([C@@H]2[C@H](Cc3ccccc3)N2C(c2ccccc2)(c2ccccc2)c2ccccc2)=N1. The molecule has 180 valence electrons. The van der Waals surface area contributed by atoms with Crippen molar-refractivity contribution in [2.75, 3.05) is 6.61 Å². The monoisotopic (exact) mass is 472 g/mol. The number of ether oxygens (including phenoxy) is 1. The highest BCUT2D eigenvalue weighted by molar-refractivity contribution is 5.88. The summed E-state index contributed by atoms with van der Waals surface area (Å²) in [7, 11) is 0. The van der Waals surface area contributed by atoms with Crippen molar-refractivity contribution in [3.05, 3.63) is 144 Å². The molecule has 36 heavy (non-hydrogen) atoms. The molecule has 2 heterocycles. The van der Waals surface area contributed by atoms with E-state index in [0.717, 1.165) is 12.3 Å². The summed E-state index contributed by atoms with van der Waals surface area (Å²) in [6, 6.07) is 43.9. The maximum atomic E-state index is 6.30. The van der Waals surface area contributed by atoms with Crippen molar-refractivity contribution in [1.29, 1.82) is 0 Å². The third kappa shape index (κ3) is 3.94. The van der Waals surface area contributed by atoms with Gasteiger partial charge in [0, 0.05) is 6.04 Å². The Labute approximate surface area is 214 Å². The summed E-state index contributed by atoms with van der Waals surface area (Å²) in [5.74, 6) is 0.869. The molecule has 0 radical (unpaired) electrons. The summed E-state index contributed by atoms with van der Waals surface area (Å²) in [6.07, 6.45) is 0.933. The average Bonchev–Trinajstić information content (AvgIpc) is 3.50. The molecule has 0 saturated carbocycles. The fraction of sp³-hybridized carbons (Fsp3) is 0.242. The number of hydrogen-bond donors (Lipinski definition) is 0. The maximum Gasteiger partial charge on any atom is 0.203 e. The van der Waals surface area contributed by atoms with Gasteiger partial charge in [-0.25, -0.2) is 4.99 Å². The van der Waals surface area contributed by atoms with Crippen LogP contribution < -0.4 is 0 Å². The first-order chi connectivity index (χ1) is 17.6. The lowest BCUT2D eigenvalue weighted by Crippen LogP contribution is -2.40. The van der Waals surface area contributed by atoms with Crippen LogP contribution in [-0.4, -0.2) is 35.0 Å². The van der Waals surface area contributed by atoms with E-state index in [1.54, 1.807) is 0 Å². The van der Waals surface area contributed by atoms with Crippen molar-refractivity contribution in [3.63, 3.8) is 0 Å². The Balaban J connectivity index is 1.58. The molecule has 0 aromatic heterocycles. The predicted octanol–water partition coefficient (Wildman–Crippen LogP) is 6.48. The quantitative estimate of drug-likeness (QED) is 0.227. The van der Waals surface area contributed by atoms with Gasteiger partial charge in [0.2, 0.25) is 5.90 Å². The van der Waals surface area contributed by atoms with Gasteiger partial charge >= 0.3 is 0 Å². The van der Waals surface area contributed by atoms with E-state index in [4.69, 9.17) is 9.73 Å². The second-order valence-electron chi connectivity index (χ2n) is 10.5. The minimum atomic E-state index is -0.480. The van der Waals surface area contributed by atoms with Crippen LogP contribution in [0.3, 0.4) is 0 Å². The van der Waals surface area contributed by atoms with E-state index in [1.165, 1.54) is 22.3 Å². The van der Waals surface area contributed by atoms with Crippen LogP contribution in [0.1, 0.15) is 36.1 Å². The van der Waals surface area contributed by atoms with Crippen molar-refractivity contribution in [2.45, 2.75) is 43.4 Å². The van der Waals surface area contributed by atoms with Gasteiger partial charge in [0.25, 0.3) is 0 Å². The Morgan fingerprint density at radius 1 is 0.722 bits per heavy atom. The Morgan fingerprint density at radius 3 is 1.58 bits per heavy atom. The molecular formula is C33H32N2O. The van der Waals surface area contributed by atoms with E-state index < -0.39 is 5.54 Å². The third-order valence-corrected chi connectivity index (χ3v) is 7.42. The van der Waals surface area contributed by atoms with Gasteiger partial charge < -0.3 is 4.74 Å². The zero-order valence-electron chi connectivity index (χ0n) is 20.9.